The third-order valence-corrected chi connectivity index (χ3v) is 15.7. The van der Waals surface area contributed by atoms with Crippen molar-refractivity contribution in [3.8, 4) is 34.5 Å². The minimum Gasteiger partial charge on any atom is -0.494 e. The van der Waals surface area contributed by atoms with Crippen LogP contribution in [-0.4, -0.2) is 93.2 Å². The Morgan fingerprint density at radius 3 is 1.85 bits per heavy atom. The lowest BCUT2D eigenvalue weighted by molar-refractivity contribution is -0.218. The molecule has 0 aliphatic heterocycles. The number of rotatable bonds is 36. The Bertz CT molecular complexity index is 2990. The van der Waals surface area contributed by atoms with Crippen molar-refractivity contribution in [1.82, 2.24) is 4.98 Å². The van der Waals surface area contributed by atoms with Gasteiger partial charge in [-0.15, -0.1) is 0 Å². The van der Waals surface area contributed by atoms with Crippen LogP contribution in [0.1, 0.15) is 142 Å². The summed E-state index contributed by atoms with van der Waals surface area (Å²) < 4.78 is 37.9. The highest BCUT2D eigenvalue weighted by molar-refractivity contribution is 7.22. The second-order valence-electron chi connectivity index (χ2n) is 21.6. The van der Waals surface area contributed by atoms with Crippen molar-refractivity contribution >= 4 is 68.7 Å². The summed E-state index contributed by atoms with van der Waals surface area (Å²) in [4.78, 5) is 97.7. The number of esters is 6. The molecule has 1 aromatic heterocycles. The lowest BCUT2D eigenvalue weighted by Crippen LogP contribution is -2.27. The molecule has 7 rings (SSSR count). The molecule has 0 unspecified atom stereocenters. The highest BCUT2D eigenvalue weighted by atomic mass is 32.1. The van der Waals surface area contributed by atoms with Gasteiger partial charge in [0.1, 0.15) is 36.2 Å². The van der Waals surface area contributed by atoms with E-state index >= 15 is 0 Å². The fraction of sp³-hybridized carbons (Fsp3) is 0.471. The molecule has 5 aromatic rings. The van der Waals surface area contributed by atoms with E-state index in [0.29, 0.717) is 73.7 Å². The molecule has 0 spiro atoms. The zero-order chi connectivity index (χ0) is 63.4. The summed E-state index contributed by atoms with van der Waals surface area (Å²) in [7, 11) is 0. The number of benzene rings is 4. The summed E-state index contributed by atoms with van der Waals surface area (Å²) in [5, 5.41) is 7.61. The van der Waals surface area contributed by atoms with Gasteiger partial charge >= 0.3 is 35.8 Å². The summed E-state index contributed by atoms with van der Waals surface area (Å²) in [6.07, 6.45) is 18.5. The number of unbranched alkanes of at least 4 members (excludes halogenated alkanes) is 6. The number of fused-ring (bicyclic) bond motifs is 1. The van der Waals surface area contributed by atoms with Crippen molar-refractivity contribution in [3.05, 3.63) is 122 Å². The molecule has 2 aliphatic carbocycles. The predicted molar refractivity (Wildman–Crippen MR) is 337 cm³/mol. The van der Waals surface area contributed by atoms with Gasteiger partial charge in [-0.2, -0.15) is 14.9 Å². The molecular formula is C68H85N3O17S. The van der Waals surface area contributed by atoms with Crippen LogP contribution in [0.15, 0.2) is 121 Å². The van der Waals surface area contributed by atoms with Gasteiger partial charge in [-0.05, 0) is 181 Å². The maximum atomic E-state index is 13.3. The van der Waals surface area contributed by atoms with Crippen molar-refractivity contribution in [2.24, 2.45) is 28.8 Å². The smallest absolute Gasteiger partial charge is 0.330 e. The Balaban J connectivity index is 0.000000343. The second-order valence-corrected chi connectivity index (χ2v) is 22.6. The van der Waals surface area contributed by atoms with Crippen LogP contribution in [0.2, 0.25) is 0 Å². The third kappa shape index (κ3) is 26.2. The fourth-order valence-corrected chi connectivity index (χ4v) is 10.5. The van der Waals surface area contributed by atoms with Gasteiger partial charge in [0.2, 0.25) is 5.13 Å². The van der Waals surface area contributed by atoms with Crippen molar-refractivity contribution in [1.29, 1.82) is 0 Å². The maximum Gasteiger partial charge on any atom is 0.330 e. The predicted octanol–water partition coefficient (Wildman–Crippen LogP) is 13.8. The van der Waals surface area contributed by atoms with E-state index in [2.05, 4.69) is 37.8 Å². The maximum absolute atomic E-state index is 13.3. The Hall–Kier alpha value is -8.14. The Morgan fingerprint density at radius 2 is 1.18 bits per heavy atom. The van der Waals surface area contributed by atoms with Crippen LogP contribution < -0.4 is 33.7 Å². The van der Waals surface area contributed by atoms with Gasteiger partial charge in [-0.25, -0.2) is 19.6 Å². The normalized spacial score (nSPS) is 16.2. The molecule has 0 saturated heterocycles. The molecule has 2 saturated carbocycles. The molecule has 0 amide bonds. The molecule has 1 heterocycles. The van der Waals surface area contributed by atoms with Crippen molar-refractivity contribution < 1.29 is 81.5 Å². The molecule has 0 atom stereocenters. The molecule has 0 N–H and O–H groups in total. The first kappa shape index (κ1) is 70.0. The van der Waals surface area contributed by atoms with E-state index in [1.807, 2.05) is 54.4 Å². The van der Waals surface area contributed by atoms with Gasteiger partial charge in [-0.3, -0.25) is 19.2 Å². The van der Waals surface area contributed by atoms with Gasteiger partial charge in [0.25, 0.3) is 0 Å². The third-order valence-electron chi connectivity index (χ3n) is 14.6. The highest BCUT2D eigenvalue weighted by Crippen LogP contribution is 2.34. The van der Waals surface area contributed by atoms with E-state index in [9.17, 15) is 28.8 Å². The Kier molecular flexibility index (Phi) is 31.2. The number of ether oxygens (including phenoxy) is 7. The van der Waals surface area contributed by atoms with Crippen molar-refractivity contribution in [2.75, 3.05) is 51.2 Å². The second kappa shape index (κ2) is 39.7. The monoisotopic (exact) mass is 1250 g/mol. The molecule has 480 valence electrons. The SMILES string of the molecule is C=CC(=O)OCCCCCCOc1ccc(OOCC2CCC(C(=O)Oc3ccc(OOCC)c(/C=N/N(CCCCCC)c4nc5ccccc5s4)c3)CC2)cc1.C=CC(=O)OCCOC(=O)CCC(=O)Oc1ccc(OC(=O)C2CCC(C)CC2)cc1. The van der Waals surface area contributed by atoms with Gasteiger partial charge < -0.3 is 42.9 Å². The number of aromatic nitrogens is 1. The Morgan fingerprint density at radius 1 is 0.596 bits per heavy atom. The van der Waals surface area contributed by atoms with E-state index in [4.69, 9.17) is 58.1 Å². The van der Waals surface area contributed by atoms with E-state index in [-0.39, 0.29) is 67.5 Å². The molecule has 2 fully saturated rings. The first-order chi connectivity index (χ1) is 43.3. The number of carbonyl (C=O) groups excluding carboxylic acids is 6. The van der Waals surface area contributed by atoms with Crippen LogP contribution in [0.4, 0.5) is 5.13 Å². The molecular weight excluding hydrogens is 1160 g/mol. The van der Waals surface area contributed by atoms with Gasteiger partial charge in [0.05, 0.1) is 67.5 Å². The van der Waals surface area contributed by atoms with Crippen LogP contribution in [0.25, 0.3) is 10.2 Å². The van der Waals surface area contributed by atoms with Gasteiger partial charge in [-0.1, -0.05) is 69.7 Å². The van der Waals surface area contributed by atoms with Crippen LogP contribution in [0, 0.1) is 23.7 Å². The lowest BCUT2D eigenvalue weighted by Gasteiger charge is -2.26. The van der Waals surface area contributed by atoms with E-state index in [1.165, 1.54) is 18.2 Å². The highest BCUT2D eigenvalue weighted by Gasteiger charge is 2.29. The average Bonchev–Trinajstić information content (AvgIpc) is 2.34. The topological polar surface area (TPSA) is 232 Å². The van der Waals surface area contributed by atoms with E-state index < -0.39 is 17.9 Å². The van der Waals surface area contributed by atoms with Crippen molar-refractivity contribution in [2.45, 2.75) is 136 Å². The first-order valence-electron chi connectivity index (χ1n) is 30.9. The van der Waals surface area contributed by atoms with Crippen LogP contribution in [0.3, 0.4) is 0 Å². The quantitative estimate of drug-likeness (QED) is 0.00530. The van der Waals surface area contributed by atoms with Crippen LogP contribution >= 0.6 is 11.3 Å². The number of para-hydroxylation sites is 1. The largest absolute Gasteiger partial charge is 0.494 e. The van der Waals surface area contributed by atoms with E-state index in [0.717, 1.165) is 124 Å². The number of hydrogen-bond acceptors (Lipinski definition) is 21. The summed E-state index contributed by atoms with van der Waals surface area (Å²) in [5.41, 5.74) is 1.56. The first-order valence-corrected chi connectivity index (χ1v) is 31.8. The Labute approximate surface area is 525 Å². The molecule has 0 bridgehead atoms. The average molecular weight is 1250 g/mol. The number of hydrazone groups is 1. The summed E-state index contributed by atoms with van der Waals surface area (Å²) in [6, 6.07) is 26.8. The van der Waals surface area contributed by atoms with Gasteiger partial charge in [0, 0.05) is 24.3 Å². The fourth-order valence-electron chi connectivity index (χ4n) is 9.50. The van der Waals surface area contributed by atoms with Crippen LogP contribution in [0.5, 0.6) is 34.5 Å². The van der Waals surface area contributed by atoms with Crippen LogP contribution in [-0.2, 0) is 52.8 Å². The van der Waals surface area contributed by atoms with E-state index in [1.54, 1.807) is 47.9 Å². The zero-order valence-corrected chi connectivity index (χ0v) is 52.3. The number of carbonyl (C=O) groups is 6. The number of nitrogens with zero attached hydrogens (tertiary/aromatic N) is 3. The summed E-state index contributed by atoms with van der Waals surface area (Å²) in [5.74, 6) is 0.896. The molecule has 20 nitrogen and oxygen atoms in total. The zero-order valence-electron chi connectivity index (χ0n) is 51.5. The summed E-state index contributed by atoms with van der Waals surface area (Å²) >= 11 is 1.61. The minimum absolute atomic E-state index is 0.0671. The standard InChI is InChI=1S/C45H57N3O9S.C23H28O8/c1-4-7-8-13-28-48(45-47-40-16-11-12-17-42(40)58-45)46-32-36-31-39(26-27-41(36)57-53-6-3)55-44(50)35-20-18-34(19-21-35)33-54-56-38-24-22-37(23-25-38)51-29-14-9-10-15-30-52-43(49)5-2;1-3-20(24)28-14-15-29-21(25)12-13-22(26)30-18-8-10-19(11-9-18)31-23(27)17-6-4-16(2)5-7-17/h5,11-12,16-17,22-27,31-32,34-35H,2,4,6-10,13-15,18-21,28-30,33H2,1,3H3;3,8-11,16-17H,1,4-7,12-15H2,2H3/b46-32+;. The minimum atomic E-state index is -0.607. The molecule has 89 heavy (non-hydrogen) atoms. The molecule has 4 aromatic carbocycles. The number of hydrogen-bond donors (Lipinski definition) is 0. The molecule has 2 aliphatic rings. The van der Waals surface area contributed by atoms with Crippen molar-refractivity contribution in [3.63, 3.8) is 0 Å². The molecule has 0 radical (unpaired) electrons. The molecule has 21 heteroatoms. The number of anilines is 1. The lowest BCUT2D eigenvalue weighted by atomic mass is 9.82. The number of thiazole rings is 1. The summed E-state index contributed by atoms with van der Waals surface area (Å²) in [6.45, 7) is 15.2. The van der Waals surface area contributed by atoms with Gasteiger partial charge in [0.15, 0.2) is 11.5 Å².